The number of benzene rings is 3. The third-order valence-corrected chi connectivity index (χ3v) is 7.12. The summed E-state index contributed by atoms with van der Waals surface area (Å²) in [5.74, 6) is -1.42. The van der Waals surface area contributed by atoms with Crippen molar-refractivity contribution in [3.63, 3.8) is 0 Å². The fraction of sp³-hybridized carbons (Fsp3) is 0.200. The number of anilines is 1. The van der Waals surface area contributed by atoms with E-state index < -0.39 is 40.2 Å². The molecule has 0 aliphatic carbocycles. The number of carbonyl (C=O) groups excluding carboxylic acids is 2. The Morgan fingerprint density at radius 1 is 0.912 bits per heavy atom. The summed E-state index contributed by atoms with van der Waals surface area (Å²) in [6.07, 6.45) is 0. The summed E-state index contributed by atoms with van der Waals surface area (Å²) in [6, 6.07) is 20.8. The van der Waals surface area contributed by atoms with Crippen molar-refractivity contribution in [1.29, 1.82) is 0 Å². The average Bonchev–Trinajstić information content (AvgIpc) is 2.86. The molecule has 0 aliphatic heterocycles. The van der Waals surface area contributed by atoms with Crippen LogP contribution in [0.2, 0.25) is 0 Å². The van der Waals surface area contributed by atoms with Crippen LogP contribution in [0.1, 0.15) is 12.5 Å². The first-order chi connectivity index (χ1) is 16.2. The first-order valence-electron chi connectivity index (χ1n) is 10.6. The number of rotatable bonds is 9. The Hall–Kier alpha value is -3.72. The van der Waals surface area contributed by atoms with E-state index in [2.05, 4.69) is 5.32 Å². The van der Waals surface area contributed by atoms with Gasteiger partial charge in [-0.2, -0.15) is 0 Å². The van der Waals surface area contributed by atoms with Gasteiger partial charge in [-0.15, -0.1) is 0 Å². The standard InChI is InChI=1S/C25H26FN3O4S/c1-19(25(31)27-2)28(17-20-13-15-21(26)16-14-20)24(30)18-29(22-9-5-3-6-10-22)34(32,33)23-11-7-4-8-12-23/h3-16,19H,17-18H2,1-2H3,(H,27,31)/t19-/m0/s1. The van der Waals surface area contributed by atoms with E-state index in [0.717, 1.165) is 4.31 Å². The van der Waals surface area contributed by atoms with Crippen molar-refractivity contribution < 1.29 is 22.4 Å². The highest BCUT2D eigenvalue weighted by Gasteiger charge is 2.32. The molecule has 1 N–H and O–H groups in total. The quantitative estimate of drug-likeness (QED) is 0.507. The fourth-order valence-electron chi connectivity index (χ4n) is 3.42. The third-order valence-electron chi connectivity index (χ3n) is 5.33. The molecule has 0 heterocycles. The van der Waals surface area contributed by atoms with Gasteiger partial charge in [0, 0.05) is 13.6 Å². The molecule has 0 fully saturated rings. The highest BCUT2D eigenvalue weighted by Crippen LogP contribution is 2.24. The van der Waals surface area contributed by atoms with Gasteiger partial charge >= 0.3 is 0 Å². The van der Waals surface area contributed by atoms with E-state index in [1.165, 1.54) is 48.3 Å². The molecule has 0 radical (unpaired) electrons. The van der Waals surface area contributed by atoms with Gasteiger partial charge in [-0.25, -0.2) is 12.8 Å². The van der Waals surface area contributed by atoms with E-state index in [0.29, 0.717) is 11.3 Å². The van der Waals surface area contributed by atoms with E-state index >= 15 is 0 Å². The van der Waals surface area contributed by atoms with Crippen molar-refractivity contribution in [1.82, 2.24) is 10.2 Å². The van der Waals surface area contributed by atoms with Crippen LogP contribution < -0.4 is 9.62 Å². The molecule has 0 aliphatic rings. The second-order valence-electron chi connectivity index (χ2n) is 7.60. The lowest BCUT2D eigenvalue weighted by molar-refractivity contribution is -0.139. The molecule has 3 rings (SSSR count). The number of hydrogen-bond donors (Lipinski definition) is 1. The number of sulfonamides is 1. The average molecular weight is 484 g/mol. The van der Waals surface area contributed by atoms with Crippen LogP contribution in [-0.4, -0.2) is 44.8 Å². The molecular weight excluding hydrogens is 457 g/mol. The molecule has 2 amide bonds. The molecule has 1 atom stereocenters. The molecule has 0 saturated heterocycles. The minimum Gasteiger partial charge on any atom is -0.357 e. The molecule has 3 aromatic carbocycles. The van der Waals surface area contributed by atoms with Crippen LogP contribution in [0, 0.1) is 5.82 Å². The normalized spacial score (nSPS) is 12.0. The van der Waals surface area contributed by atoms with Gasteiger partial charge in [-0.05, 0) is 48.9 Å². The van der Waals surface area contributed by atoms with Gasteiger partial charge in [0.2, 0.25) is 11.8 Å². The molecule has 34 heavy (non-hydrogen) atoms. The number of hydrogen-bond acceptors (Lipinski definition) is 4. The van der Waals surface area contributed by atoms with Gasteiger partial charge in [0.25, 0.3) is 10.0 Å². The Labute approximate surface area is 198 Å². The third kappa shape index (κ3) is 5.79. The minimum atomic E-state index is -4.08. The predicted molar refractivity (Wildman–Crippen MR) is 128 cm³/mol. The zero-order valence-corrected chi connectivity index (χ0v) is 19.7. The summed E-state index contributed by atoms with van der Waals surface area (Å²) < 4.78 is 41.3. The van der Waals surface area contributed by atoms with Gasteiger partial charge in [0.1, 0.15) is 18.4 Å². The molecule has 3 aromatic rings. The Kier molecular flexibility index (Phi) is 8.01. The predicted octanol–water partition coefficient (Wildman–Crippen LogP) is 3.18. The largest absolute Gasteiger partial charge is 0.357 e. The number of nitrogens with one attached hydrogen (secondary N) is 1. The lowest BCUT2D eigenvalue weighted by Gasteiger charge is -2.31. The van der Waals surface area contributed by atoms with E-state index in [1.807, 2.05) is 0 Å². The summed E-state index contributed by atoms with van der Waals surface area (Å²) >= 11 is 0. The molecular formula is C25H26FN3O4S. The zero-order chi connectivity index (χ0) is 24.7. The number of amides is 2. The van der Waals surface area contributed by atoms with E-state index in [1.54, 1.807) is 55.5 Å². The molecule has 0 bridgehead atoms. The Bertz CT molecular complexity index is 1220. The summed E-state index contributed by atoms with van der Waals surface area (Å²) in [5, 5.41) is 2.51. The smallest absolute Gasteiger partial charge is 0.264 e. The molecule has 0 aromatic heterocycles. The van der Waals surface area contributed by atoms with Crippen molar-refractivity contribution in [2.75, 3.05) is 17.9 Å². The van der Waals surface area contributed by atoms with Crippen LogP contribution in [0.3, 0.4) is 0 Å². The molecule has 178 valence electrons. The maximum Gasteiger partial charge on any atom is 0.264 e. The Balaban J connectivity index is 1.98. The number of para-hydroxylation sites is 1. The molecule has 0 unspecified atom stereocenters. The van der Waals surface area contributed by atoms with Gasteiger partial charge in [-0.3, -0.25) is 13.9 Å². The van der Waals surface area contributed by atoms with Crippen LogP contribution in [0.5, 0.6) is 0 Å². The summed E-state index contributed by atoms with van der Waals surface area (Å²) in [4.78, 5) is 27.2. The molecule has 0 saturated carbocycles. The van der Waals surface area contributed by atoms with Crippen LogP contribution in [0.15, 0.2) is 89.8 Å². The fourth-order valence-corrected chi connectivity index (χ4v) is 4.86. The van der Waals surface area contributed by atoms with Gasteiger partial charge in [-0.1, -0.05) is 48.5 Å². The van der Waals surface area contributed by atoms with Crippen LogP contribution >= 0.6 is 0 Å². The summed E-state index contributed by atoms with van der Waals surface area (Å²) in [6.45, 7) is 1.03. The lowest BCUT2D eigenvalue weighted by Crippen LogP contribution is -2.50. The first-order valence-corrected chi connectivity index (χ1v) is 12.1. The van der Waals surface area contributed by atoms with Crippen molar-refractivity contribution in [2.45, 2.75) is 24.4 Å². The topological polar surface area (TPSA) is 86.8 Å². The van der Waals surface area contributed by atoms with E-state index in [4.69, 9.17) is 0 Å². The lowest BCUT2D eigenvalue weighted by atomic mass is 10.1. The van der Waals surface area contributed by atoms with Gasteiger partial charge in [0.15, 0.2) is 0 Å². The second-order valence-corrected chi connectivity index (χ2v) is 9.46. The SMILES string of the molecule is CNC(=O)[C@H](C)N(Cc1ccc(F)cc1)C(=O)CN(c1ccccc1)S(=O)(=O)c1ccccc1. The van der Waals surface area contributed by atoms with Gasteiger partial charge < -0.3 is 10.2 Å². The van der Waals surface area contributed by atoms with Crippen LogP contribution in [-0.2, 0) is 26.2 Å². The van der Waals surface area contributed by atoms with Crippen LogP contribution in [0.4, 0.5) is 10.1 Å². The van der Waals surface area contributed by atoms with E-state index in [-0.39, 0.29) is 11.4 Å². The summed E-state index contributed by atoms with van der Waals surface area (Å²) in [7, 11) is -2.62. The monoisotopic (exact) mass is 483 g/mol. The van der Waals surface area contributed by atoms with E-state index in [9.17, 15) is 22.4 Å². The summed E-state index contributed by atoms with van der Waals surface area (Å²) in [5.41, 5.74) is 0.914. The molecule has 0 spiro atoms. The minimum absolute atomic E-state index is 0.00170. The number of nitrogens with zero attached hydrogens (tertiary/aromatic N) is 2. The number of halogens is 1. The highest BCUT2D eigenvalue weighted by atomic mass is 32.2. The number of likely N-dealkylation sites (N-methyl/N-ethyl adjacent to an activating group) is 1. The second kappa shape index (κ2) is 10.9. The van der Waals surface area contributed by atoms with Crippen LogP contribution in [0.25, 0.3) is 0 Å². The molecule has 7 nitrogen and oxygen atoms in total. The zero-order valence-electron chi connectivity index (χ0n) is 18.9. The maximum absolute atomic E-state index is 13.5. The first kappa shape index (κ1) is 24.9. The van der Waals surface area contributed by atoms with Crippen molar-refractivity contribution >= 4 is 27.5 Å². The van der Waals surface area contributed by atoms with Crippen molar-refractivity contribution in [2.24, 2.45) is 0 Å². The number of carbonyl (C=O) groups is 2. The maximum atomic E-state index is 13.5. The van der Waals surface area contributed by atoms with Crippen molar-refractivity contribution in [3.05, 3.63) is 96.3 Å². The highest BCUT2D eigenvalue weighted by molar-refractivity contribution is 7.92. The Morgan fingerprint density at radius 2 is 1.47 bits per heavy atom. The van der Waals surface area contributed by atoms with Crippen molar-refractivity contribution in [3.8, 4) is 0 Å². The Morgan fingerprint density at radius 3 is 2.03 bits per heavy atom. The van der Waals surface area contributed by atoms with Gasteiger partial charge in [0.05, 0.1) is 10.6 Å². The molecule has 9 heteroatoms.